The van der Waals surface area contributed by atoms with Crippen molar-refractivity contribution in [1.82, 2.24) is 5.32 Å². The first kappa shape index (κ1) is 113. The van der Waals surface area contributed by atoms with Gasteiger partial charge in [0.25, 0.3) is 5.69 Å². The zero-order chi connectivity index (χ0) is 98.6. The van der Waals surface area contributed by atoms with E-state index >= 15 is 0 Å². The summed E-state index contributed by atoms with van der Waals surface area (Å²) in [5.74, 6) is 0.273. The minimum absolute atomic E-state index is 0. The fourth-order valence-corrected chi connectivity index (χ4v) is 22.4. The first-order valence-corrected chi connectivity index (χ1v) is 51.8. The summed E-state index contributed by atoms with van der Waals surface area (Å²) in [5, 5.41) is 31.7. The average Bonchev–Trinajstić information content (AvgIpc) is 1.75. The second kappa shape index (κ2) is 55.8. The Balaban J connectivity index is 0.000000198. The first-order valence-electron chi connectivity index (χ1n) is 46.9. The molecular formula is C103H128Cl2F9N7O12S4. The zero-order valence-electron chi connectivity index (χ0n) is 78.5. The molecule has 4 atom stereocenters. The number of nitro groups is 1. The number of benzene rings is 6. The van der Waals surface area contributed by atoms with Crippen LogP contribution < -0.4 is 16.8 Å². The van der Waals surface area contributed by atoms with Crippen LogP contribution in [0.3, 0.4) is 0 Å². The van der Waals surface area contributed by atoms with Crippen LogP contribution >= 0.6 is 59.3 Å². The predicted octanol–water partition coefficient (Wildman–Crippen LogP) is 27.7. The van der Waals surface area contributed by atoms with Crippen LogP contribution in [0, 0.1) is 62.3 Å². The smallest absolute Gasteiger partial charge is 0.466 e. The van der Waals surface area contributed by atoms with E-state index in [0.717, 1.165) is 205 Å². The summed E-state index contributed by atoms with van der Waals surface area (Å²) in [6.07, 6.45) is 31.5. The van der Waals surface area contributed by atoms with Crippen LogP contribution in [0.25, 0.3) is 22.3 Å². The van der Waals surface area contributed by atoms with Crippen LogP contribution in [0.4, 0.5) is 50.0 Å². The summed E-state index contributed by atoms with van der Waals surface area (Å²) in [4.78, 5) is 55.8. The van der Waals surface area contributed by atoms with Gasteiger partial charge >= 0.3 is 33.7 Å². The number of non-ortho nitro benzene ring substituents is 1. The van der Waals surface area contributed by atoms with E-state index in [-0.39, 0.29) is 94.8 Å². The number of esters is 2. The van der Waals surface area contributed by atoms with Crippen LogP contribution in [0.2, 0.25) is 0 Å². The fourth-order valence-electron chi connectivity index (χ4n) is 18.7. The number of aliphatic imine (C=N–C) groups is 2. The fraction of sp³-hybridized carbons (Fsp3) is 0.495. The molecule has 7 N–H and O–H groups in total. The molecule has 1 amide bonds. The third-order valence-corrected chi connectivity index (χ3v) is 29.5. The number of rotatable bonds is 15. The Kier molecular flexibility index (Phi) is 46.1. The second-order valence-corrected chi connectivity index (χ2v) is 40.6. The van der Waals surface area contributed by atoms with Gasteiger partial charge in [0, 0.05) is 80.6 Å². The number of hydrogen-bond acceptors (Lipinski definition) is 19. The van der Waals surface area contributed by atoms with Gasteiger partial charge in [-0.05, 0) is 245 Å². The van der Waals surface area contributed by atoms with Gasteiger partial charge in [-0.15, -0.1) is 24.0 Å². The van der Waals surface area contributed by atoms with Crippen molar-refractivity contribution in [2.75, 3.05) is 44.0 Å². The number of nitrogens with zero attached hydrogens (tertiary/aromatic N) is 3. The van der Waals surface area contributed by atoms with E-state index in [2.05, 4.69) is 14.2 Å². The summed E-state index contributed by atoms with van der Waals surface area (Å²) in [6.45, 7) is 5.36. The molecule has 0 unspecified atom stereocenters. The highest BCUT2D eigenvalue weighted by Crippen LogP contribution is 2.52. The largest absolute Gasteiger partial charge is 0.534 e. The summed E-state index contributed by atoms with van der Waals surface area (Å²) in [5.41, 5.74) is 15.5. The van der Waals surface area contributed by atoms with Crippen molar-refractivity contribution in [2.45, 2.75) is 268 Å². The van der Waals surface area contributed by atoms with Crippen molar-refractivity contribution in [3.05, 3.63) is 252 Å². The Hall–Kier alpha value is -9.05. The molecule has 9 aliphatic rings. The molecule has 2 fully saturated rings. The lowest BCUT2D eigenvalue weighted by Crippen LogP contribution is -2.44. The molecule has 6 aromatic rings. The standard InChI is InChI=1S/C20H26FN3O4S.2C15H19FN2S.C15H17FO2.C14H16ClF.C14H17FO.C10H13F3O5S.ClH/c1-19(2,3)28-18(25)22-17-23-20(10-6-4-5-7-13(20)12-29-17)15-11-14(24(26)27)8-9-16(15)21;16-13-8-4-3-7-12(13)15-9-5-1-2-6-11(15)10-19-14(17)18-15;16-14-9-5-4-8-13(14)12-7-3-1-2-6-11(12)10-19-15(17)18;1-18-15(17)13-9-4-2-3-7-11(13)12-8-5-6-10-14(12)16;15-10-11-6-2-1-3-7-12(11)13-8-4-5-9-14(13)16;15-14-9-5-4-8-13(14)12-7-3-1-2-6-11(12)10-16;1-17-9(14)7-5-3-2-4-6-8(7)18-19(15,16)10(11,12)13;/h8-9,11,13H,4-7,10,12H2,1-3H3,(H,22,23,25);3-4,7-8,11H,1-2,5-6,9-10H2,(H2,17,18);4-5,8-9H,1-3,6-7,10H2,(H3,17,18);5-6,8,10H,2-4,7,9H2,1H3;4-5,8-9H,1-3,6-7,10H2;4-5,8-9,16H,1-3,6-7,10H2;2-6H2,1H3;1H/t13-,20-;11-,15-;;;;;;/m00....../s1. The van der Waals surface area contributed by atoms with Crippen molar-refractivity contribution in [2.24, 2.45) is 33.3 Å². The van der Waals surface area contributed by atoms with E-state index in [0.29, 0.717) is 82.4 Å². The molecule has 19 nitrogen and oxygen atoms in total. The van der Waals surface area contributed by atoms with Gasteiger partial charge in [-0.3, -0.25) is 30.8 Å². The van der Waals surface area contributed by atoms with Crippen LogP contribution in [-0.2, 0) is 49.2 Å². The minimum atomic E-state index is -5.75. The van der Waals surface area contributed by atoms with E-state index in [1.807, 2.05) is 48.5 Å². The van der Waals surface area contributed by atoms with Gasteiger partial charge in [-0.25, -0.2) is 40.7 Å². The number of fused-ring (bicyclic) bond motifs is 2. The molecule has 0 saturated heterocycles. The lowest BCUT2D eigenvalue weighted by molar-refractivity contribution is -0.385. The lowest BCUT2D eigenvalue weighted by atomic mass is 9.75. The highest BCUT2D eigenvalue weighted by molar-refractivity contribution is 8.14. The quantitative estimate of drug-likeness (QED) is 0.00610. The van der Waals surface area contributed by atoms with Gasteiger partial charge in [-0.1, -0.05) is 208 Å². The second-order valence-electron chi connectivity index (χ2n) is 35.7. The Morgan fingerprint density at radius 1 is 0.540 bits per heavy atom. The third-order valence-electron chi connectivity index (χ3n) is 25.4. The van der Waals surface area contributed by atoms with Crippen molar-refractivity contribution in [3.8, 4) is 0 Å². The monoisotopic (exact) mass is 2020 g/mol. The number of alkyl carbamates (subject to hydrolysis) is 1. The van der Waals surface area contributed by atoms with E-state index in [1.165, 1.54) is 117 Å². The molecule has 748 valence electrons. The van der Waals surface area contributed by atoms with E-state index in [1.54, 1.807) is 81.1 Å². The van der Waals surface area contributed by atoms with Crippen LogP contribution in [0.15, 0.2) is 183 Å². The zero-order valence-corrected chi connectivity index (χ0v) is 83.3. The number of amidine groups is 3. The number of aliphatic hydroxyl groups is 1. The van der Waals surface area contributed by atoms with Crippen molar-refractivity contribution in [3.63, 3.8) is 0 Å². The maximum absolute atomic E-state index is 14.9. The molecule has 2 saturated carbocycles. The Labute approximate surface area is 823 Å². The SMILES string of the molecule is CC(C)(C)OC(=O)NC1=N[C@@]2(c3cc([N+](=O)[O-])ccc3F)CCCCC[C@H]2CS1.COC(=O)C1=C(OS(=O)(=O)C(F)(F)F)CCCCC1.COC(=O)C1=C(c2ccccc2F)CCCCC1.Cl.Fc1ccccc1C1=C(CCl)CCCCC1.N=C(N)SCC1=C(c2ccccc2F)CCCCC1.NC1=N[C@@]2(c3ccccc3F)CCCCC[C@H]2CS1.OCC1=C(c2ccccc2F)CCCCC1. The molecule has 0 aromatic heterocycles. The Morgan fingerprint density at radius 3 is 1.41 bits per heavy atom. The number of carbonyl (C=O) groups is 3. The number of alkyl halides is 4. The van der Waals surface area contributed by atoms with Gasteiger partial charge < -0.3 is 35.0 Å². The molecule has 7 aliphatic carbocycles. The number of nitro benzene ring substituents is 1. The molecule has 34 heteroatoms. The highest BCUT2D eigenvalue weighted by atomic mass is 35.5. The van der Waals surface area contributed by atoms with Crippen LogP contribution in [-0.4, -0.2) is 107 Å². The van der Waals surface area contributed by atoms with Crippen LogP contribution in [0.5, 0.6) is 0 Å². The van der Waals surface area contributed by atoms with Crippen molar-refractivity contribution >= 4 is 131 Å². The number of halogens is 11. The molecule has 0 radical (unpaired) electrons. The highest BCUT2D eigenvalue weighted by Gasteiger charge is 2.50. The third kappa shape index (κ3) is 33.0. The maximum Gasteiger partial charge on any atom is 0.534 e. The molecule has 137 heavy (non-hydrogen) atoms. The molecule has 0 spiro atoms. The Bertz CT molecular complexity index is 5360. The summed E-state index contributed by atoms with van der Waals surface area (Å²) >= 11 is 10.3. The van der Waals surface area contributed by atoms with Gasteiger partial charge in [0.15, 0.2) is 15.5 Å². The number of aliphatic hydroxyl groups excluding tert-OH is 1. The van der Waals surface area contributed by atoms with E-state index < -0.39 is 60.9 Å². The summed E-state index contributed by atoms with van der Waals surface area (Å²) in [6, 6.07) is 38.2. The number of nitrogens with two attached hydrogens (primary N) is 2. The summed E-state index contributed by atoms with van der Waals surface area (Å²) < 4.78 is 162. The number of methoxy groups -OCH3 is 2. The lowest BCUT2D eigenvalue weighted by Gasteiger charge is -2.40. The van der Waals surface area contributed by atoms with Gasteiger partial charge in [0.05, 0.1) is 42.4 Å². The van der Waals surface area contributed by atoms with E-state index in [4.69, 9.17) is 47.9 Å². The number of ether oxygens (including phenoxy) is 3. The number of carbonyl (C=O) groups excluding carboxylic acids is 3. The van der Waals surface area contributed by atoms with Gasteiger partial charge in [0.1, 0.15) is 46.3 Å². The Morgan fingerprint density at radius 2 is 0.942 bits per heavy atom. The number of allylic oxidation sites excluding steroid dienone is 6. The summed E-state index contributed by atoms with van der Waals surface area (Å²) in [7, 11) is -3.31. The molecule has 2 heterocycles. The number of nitrogens with one attached hydrogen (secondary N) is 2. The molecule has 2 aliphatic heterocycles. The topological polar surface area (TPSA) is 298 Å². The number of amides is 1. The molecule has 6 aromatic carbocycles. The number of hydrogen-bond donors (Lipinski definition) is 5. The van der Waals surface area contributed by atoms with Crippen molar-refractivity contribution in [1.29, 1.82) is 5.41 Å². The number of thioether (sulfide) groups is 3. The molecular weight excluding hydrogens is 1900 g/mol. The van der Waals surface area contributed by atoms with E-state index in [9.17, 15) is 77.5 Å². The molecule has 15 rings (SSSR count). The van der Waals surface area contributed by atoms with Gasteiger partial charge in [-0.2, -0.15) is 21.6 Å². The van der Waals surface area contributed by atoms with Crippen LogP contribution in [0.1, 0.15) is 279 Å². The van der Waals surface area contributed by atoms with Gasteiger partial charge in [0.2, 0.25) is 0 Å². The molecule has 0 bridgehead atoms. The first-order chi connectivity index (χ1) is 65.1. The maximum atomic E-state index is 14.9. The van der Waals surface area contributed by atoms with Crippen molar-refractivity contribution < 1.29 is 90.7 Å². The average molecular weight is 2030 g/mol. The predicted molar refractivity (Wildman–Crippen MR) is 535 cm³/mol. The normalized spacial score (nSPS) is 20.5. The minimum Gasteiger partial charge on any atom is -0.466 e.